The standard InChI is InChI=1S/C88H116N22O22S/c1-7-9-19-67-81(125)101-60(35-74(117)118)79(123)105-65(76(120)95-39-72(91)115)42-133-43-73(116)97-61(29-46-21-23-50(112)24-22-46)84(128)106(4)45(3)75(119)102-63-34-54(89)66-26-27-68(110(66)87(63)131)82(126)100-59(32-49-38-92-44-96-49)78(122)98-57(25-28-71(90)114)86(130)109-40-51(113)33-70(109)83(127)99-58(30-47-36-93-55-17-13-11-15-52(47)55)77(121)104-64(41-111)80(124)103-62(31-48-37-94-56-18-14-12-16-53(48)56)85(129)108(6)69(20-10-8-2)88(132)107(67)5/h11-18,21-24,36-38,44-45,51,57-65,67-70,93-94,111-113H,7-10,19-20,25-35,39-43,89H2,1-6H3,(H2,90,114)(H2,91,115)(H,92,96)(H,95,120)(H,97,116)(H,98,122)(H,99,127)(H,100,126)(H,101,125)(H,102,119)(H,103,124)(H,104,121)(H,105,123)(H,117,118)/t45-,51+,57-,58-,59-,60-,61-,62-,63-,64-,65-,67-,68-,69-,70-/m0/s1. The predicted molar refractivity (Wildman–Crippen MR) is 479 cm³/mol. The Morgan fingerprint density at radius 1 is 0.564 bits per heavy atom. The van der Waals surface area contributed by atoms with E-state index in [0.717, 1.165) is 24.5 Å². The first kappa shape index (κ1) is 101. The molecule has 44 nitrogen and oxygen atoms in total. The summed E-state index contributed by atoms with van der Waals surface area (Å²) in [4.78, 5) is 280. The van der Waals surface area contributed by atoms with E-state index in [1.165, 1.54) is 64.9 Å². The number of allylic oxidation sites excluding steroid dienone is 1. The topological polar surface area (TPSA) is 663 Å². The van der Waals surface area contributed by atoms with E-state index in [2.05, 4.69) is 73.1 Å². The monoisotopic (exact) mass is 1860 g/mol. The summed E-state index contributed by atoms with van der Waals surface area (Å²) < 4.78 is 0. The number of aliphatic hydroxyl groups excluding tert-OH is 2. The lowest BCUT2D eigenvalue weighted by atomic mass is 10.00. The number of hydrogen-bond acceptors (Lipinski definition) is 24. The summed E-state index contributed by atoms with van der Waals surface area (Å²) >= 11 is 0.694. The number of fused-ring (bicyclic) bond motifs is 4. The van der Waals surface area contributed by atoms with Crippen LogP contribution in [0, 0.1) is 0 Å². The number of para-hydroxylation sites is 2. The second kappa shape index (κ2) is 46.7. The number of carboxylic acid groups (broad SMARTS) is 1. The molecule has 0 saturated carbocycles. The number of rotatable bonds is 23. The number of unbranched alkanes of at least 4 members (excludes halogenated alkanes) is 2. The summed E-state index contributed by atoms with van der Waals surface area (Å²) in [7, 11) is 3.78. The Morgan fingerprint density at radius 3 is 1.71 bits per heavy atom. The largest absolute Gasteiger partial charge is 0.508 e. The second-order valence-corrected chi connectivity index (χ2v) is 34.6. The van der Waals surface area contributed by atoms with Crippen LogP contribution in [0.4, 0.5) is 0 Å². The third kappa shape index (κ3) is 26.2. The number of phenolic OH excluding ortho intramolecular Hbond substituents is 1. The Kier molecular flexibility index (Phi) is 35.5. The molecule has 15 atom stereocenters. The fourth-order valence-corrected chi connectivity index (χ4v) is 17.4. The highest BCUT2D eigenvalue weighted by Gasteiger charge is 2.49. The molecule has 45 heteroatoms. The van der Waals surface area contributed by atoms with Crippen molar-refractivity contribution in [1.82, 2.24) is 97.6 Å². The van der Waals surface area contributed by atoms with Gasteiger partial charge in [0.05, 0.1) is 43.5 Å². The molecule has 0 unspecified atom stereocenters. The number of carbonyl (C=O) groups excluding carboxylic acids is 17. The van der Waals surface area contributed by atoms with Gasteiger partial charge in [-0.25, -0.2) is 4.98 Å². The quantitative estimate of drug-likeness (QED) is 0.0292. The van der Waals surface area contributed by atoms with Crippen LogP contribution in [0.15, 0.2) is 109 Å². The van der Waals surface area contributed by atoms with Crippen LogP contribution in [0.5, 0.6) is 5.75 Å². The molecule has 133 heavy (non-hydrogen) atoms. The number of benzene rings is 3. The van der Waals surface area contributed by atoms with E-state index < -0.39 is 254 Å². The molecule has 0 aliphatic carbocycles. The number of aliphatic hydroxyl groups is 2. The number of imidazole rings is 1. The van der Waals surface area contributed by atoms with Gasteiger partial charge >= 0.3 is 5.97 Å². The highest BCUT2D eigenvalue weighted by Crippen LogP contribution is 2.36. The molecule has 0 spiro atoms. The molecule has 2 bridgehead atoms. The van der Waals surface area contributed by atoms with Crippen molar-refractivity contribution >= 4 is 140 Å². The zero-order valence-corrected chi connectivity index (χ0v) is 75.2. The van der Waals surface area contributed by atoms with Crippen LogP contribution in [0.2, 0.25) is 0 Å². The van der Waals surface area contributed by atoms with Crippen molar-refractivity contribution in [3.05, 3.63) is 131 Å². The average Bonchev–Trinajstić information content (AvgIpc) is 1.63. The number of nitrogens with zero attached hydrogens (tertiary/aromatic N) is 6. The third-order valence-electron chi connectivity index (χ3n) is 24.0. The predicted octanol–water partition coefficient (Wildman–Crippen LogP) is -3.80. The maximum atomic E-state index is 15.7. The van der Waals surface area contributed by atoms with Crippen LogP contribution in [0.25, 0.3) is 21.8 Å². The number of hydrogen-bond donors (Lipinski definition) is 20. The average molecular weight is 1870 g/mol. The molecule has 3 fully saturated rings. The van der Waals surface area contributed by atoms with Gasteiger partial charge in [0.1, 0.15) is 90.3 Å². The van der Waals surface area contributed by atoms with Crippen LogP contribution in [0.1, 0.15) is 127 Å². The Labute approximate surface area is 768 Å². The highest BCUT2D eigenvalue weighted by atomic mass is 32.2. The van der Waals surface area contributed by atoms with Crippen molar-refractivity contribution in [3.8, 4) is 5.75 Å². The Hall–Kier alpha value is -14.0. The number of aromatic hydroxyl groups is 1. The van der Waals surface area contributed by atoms with Gasteiger partial charge in [0.2, 0.25) is 94.5 Å². The maximum Gasteiger partial charge on any atom is 0.305 e. The minimum atomic E-state index is -2.02. The first-order valence-electron chi connectivity index (χ1n) is 43.8. The van der Waals surface area contributed by atoms with Crippen LogP contribution < -0.4 is 70.4 Å². The summed E-state index contributed by atoms with van der Waals surface area (Å²) in [6.07, 6.45) is 1.24. The Morgan fingerprint density at radius 2 is 1.11 bits per heavy atom. The van der Waals surface area contributed by atoms with Crippen molar-refractivity contribution in [2.45, 2.75) is 221 Å². The van der Waals surface area contributed by atoms with Gasteiger partial charge in [-0.15, -0.1) is 11.8 Å². The number of nitrogens with one attached hydrogen (secondary N) is 13. The number of aromatic amines is 3. The van der Waals surface area contributed by atoms with Crippen molar-refractivity contribution < 1.29 is 107 Å². The SMILES string of the molecule is CCCC[C@H]1C(=O)N(C)[C@@H](CCCC)C(=O)N[C@@H](CC(=O)O)C(=O)N[C@H](C(=O)NCC(N)=O)CSCC(=O)N[C@@H](Cc2ccc(O)cc2)C(=O)N(C)[C@@H](C)C(=O)N[C@H]2CC(N)=C3CC[C@@H](C(=O)N[C@@H](Cc4c[nH]cn4)C(=O)N[C@@H](CCC(N)=O)C(=O)N4C[C@H](O)C[C@H]4C(=O)N[C@@H](Cc4c[nH]c5ccccc45)C(=O)N[C@@H](CO)C(=O)N[C@@H](Cc4c[nH]c5ccccc45)C(=O)N1C)N3C2=O. The lowest BCUT2D eigenvalue weighted by molar-refractivity contribution is -0.150. The first-order valence-corrected chi connectivity index (χ1v) is 45.0. The normalized spacial score (nSPS) is 25.3. The van der Waals surface area contributed by atoms with Gasteiger partial charge < -0.3 is 130 Å². The molecule has 0 radical (unpaired) electrons. The Bertz CT molecular complexity index is 5340. The van der Waals surface area contributed by atoms with E-state index in [1.807, 2.05) is 0 Å². The number of H-pyrrole nitrogens is 3. The second-order valence-electron chi connectivity index (χ2n) is 33.5. The number of aromatic nitrogens is 4. The lowest BCUT2D eigenvalue weighted by Crippen LogP contribution is -2.62. The molecular weight excluding hydrogens is 1750 g/mol. The fraction of sp³-hybridized carbons (Fsp3) is 0.489. The maximum absolute atomic E-state index is 15.7. The highest BCUT2D eigenvalue weighted by molar-refractivity contribution is 8.00. The van der Waals surface area contributed by atoms with E-state index in [9.17, 15) is 73.2 Å². The third-order valence-corrected chi connectivity index (χ3v) is 25.1. The lowest BCUT2D eigenvalue weighted by Gasteiger charge is -2.36. The molecular formula is C88H116N22O22S. The van der Waals surface area contributed by atoms with Gasteiger partial charge in [-0.2, -0.15) is 0 Å². The minimum absolute atomic E-state index is 0.0413. The van der Waals surface area contributed by atoms with Gasteiger partial charge in [0.15, 0.2) is 0 Å². The summed E-state index contributed by atoms with van der Waals surface area (Å²) in [5.74, 6) is -20.0. The number of thioether (sulfide) groups is 1. The first-order chi connectivity index (χ1) is 63.4. The molecule has 17 amide bonds. The van der Waals surface area contributed by atoms with Crippen LogP contribution >= 0.6 is 11.8 Å². The number of nitrogens with two attached hydrogens (primary N) is 3. The van der Waals surface area contributed by atoms with Crippen LogP contribution in [0.3, 0.4) is 0 Å². The van der Waals surface area contributed by atoms with E-state index in [-0.39, 0.29) is 93.5 Å². The molecule has 4 aliphatic rings. The van der Waals surface area contributed by atoms with E-state index in [4.69, 9.17) is 17.2 Å². The zero-order valence-electron chi connectivity index (χ0n) is 74.4. The van der Waals surface area contributed by atoms with E-state index in [1.54, 1.807) is 74.8 Å². The van der Waals surface area contributed by atoms with E-state index >= 15 is 33.6 Å². The van der Waals surface area contributed by atoms with Crippen molar-refractivity contribution in [3.63, 3.8) is 0 Å². The summed E-state index contributed by atoms with van der Waals surface area (Å²) in [6.45, 7) is 2.39. The number of likely N-dealkylation sites (N-methyl/N-ethyl adjacent to an activating group) is 3. The number of carbonyl (C=O) groups is 18. The molecule has 3 saturated heterocycles. The van der Waals surface area contributed by atoms with Crippen molar-refractivity contribution in [2.24, 2.45) is 17.2 Å². The van der Waals surface area contributed by atoms with Gasteiger partial charge in [-0.3, -0.25) is 86.3 Å². The minimum Gasteiger partial charge on any atom is -0.508 e. The van der Waals surface area contributed by atoms with Crippen molar-refractivity contribution in [1.29, 1.82) is 0 Å². The number of amides is 17. The molecule has 6 aromatic rings. The van der Waals surface area contributed by atoms with Gasteiger partial charge in [0.25, 0.3) is 5.91 Å². The van der Waals surface area contributed by atoms with Crippen LogP contribution in [-0.2, 0) is 112 Å². The van der Waals surface area contributed by atoms with Gasteiger partial charge in [-0.05, 0) is 80.0 Å². The van der Waals surface area contributed by atoms with Crippen molar-refractivity contribution in [2.75, 3.05) is 52.3 Å². The number of aliphatic carboxylic acids is 1. The molecule has 7 heterocycles. The zero-order chi connectivity index (χ0) is 96.8. The molecule has 3 aromatic carbocycles. The van der Waals surface area contributed by atoms with E-state index in [0.29, 0.717) is 63.1 Å². The number of phenols is 1. The number of primary amides is 2. The van der Waals surface area contributed by atoms with Gasteiger partial charge in [0, 0.05) is 130 Å². The fourth-order valence-electron chi connectivity index (χ4n) is 16.6. The molecule has 4 aliphatic heterocycles. The molecule has 3 aromatic heterocycles. The number of carboxylic acids is 1. The summed E-state index contributed by atoms with van der Waals surface area (Å²) in [5, 5.41) is 69.8. The van der Waals surface area contributed by atoms with Crippen LogP contribution in [-0.4, -0.2) is 314 Å². The Balaban J connectivity index is 1.01. The smallest absolute Gasteiger partial charge is 0.305 e. The molecule has 10 rings (SSSR count). The molecule has 716 valence electrons. The molecule has 23 N–H and O–H groups in total. The van der Waals surface area contributed by atoms with Gasteiger partial charge in [-0.1, -0.05) is 88.1 Å². The summed E-state index contributed by atoms with van der Waals surface area (Å²) in [6, 6.07) is -3.62. The summed E-state index contributed by atoms with van der Waals surface area (Å²) in [5.41, 5.74) is 20.7.